The molecule has 0 heterocycles. The minimum absolute atomic E-state index is 0.0151. The highest BCUT2D eigenvalue weighted by atomic mass is 79.9. The first-order valence-corrected chi connectivity index (χ1v) is 6.64. The van der Waals surface area contributed by atoms with Gasteiger partial charge in [0, 0.05) is 16.9 Å². The molecule has 0 aliphatic carbocycles. The minimum atomic E-state index is -0.0973. The number of carbonyl (C=O) groups is 1. The third kappa shape index (κ3) is 3.82. The Bertz CT molecular complexity index is 377. The van der Waals surface area contributed by atoms with Gasteiger partial charge in [-0.2, -0.15) is 0 Å². The predicted molar refractivity (Wildman–Crippen MR) is 73.5 cm³/mol. The summed E-state index contributed by atoms with van der Waals surface area (Å²) in [6.45, 7) is 4.34. The van der Waals surface area contributed by atoms with Gasteiger partial charge in [-0.05, 0) is 25.0 Å². The van der Waals surface area contributed by atoms with Crippen molar-refractivity contribution in [3.05, 3.63) is 34.3 Å². The summed E-state index contributed by atoms with van der Waals surface area (Å²) in [5, 5.41) is 2.99. The summed E-state index contributed by atoms with van der Waals surface area (Å²) in [5.41, 5.74) is 6.64. The molecule has 0 aliphatic heterocycles. The van der Waals surface area contributed by atoms with E-state index in [9.17, 15) is 4.79 Å². The van der Waals surface area contributed by atoms with Gasteiger partial charge in [0.25, 0.3) is 0 Å². The summed E-state index contributed by atoms with van der Waals surface area (Å²) in [6, 6.07) is 7.87. The quantitative estimate of drug-likeness (QED) is 0.878. The molecule has 0 aromatic heterocycles. The number of amides is 1. The van der Waals surface area contributed by atoms with Crippen molar-refractivity contribution >= 4 is 21.8 Å². The van der Waals surface area contributed by atoms with E-state index in [2.05, 4.69) is 21.2 Å². The smallest absolute Gasteiger partial charge is 0.224 e. The van der Waals surface area contributed by atoms with Crippen molar-refractivity contribution in [2.75, 3.05) is 6.54 Å². The van der Waals surface area contributed by atoms with Gasteiger partial charge in [-0.3, -0.25) is 4.79 Å². The van der Waals surface area contributed by atoms with Crippen molar-refractivity contribution in [2.24, 2.45) is 11.7 Å². The second-order valence-electron chi connectivity index (χ2n) is 4.09. The number of hydrogen-bond acceptors (Lipinski definition) is 2. The van der Waals surface area contributed by atoms with Crippen LogP contribution in [-0.2, 0) is 4.79 Å². The molecule has 3 nitrogen and oxygen atoms in total. The second-order valence-corrected chi connectivity index (χ2v) is 4.95. The zero-order chi connectivity index (χ0) is 12.8. The van der Waals surface area contributed by atoms with Crippen LogP contribution in [0.25, 0.3) is 0 Å². The van der Waals surface area contributed by atoms with Crippen LogP contribution in [0.1, 0.15) is 31.9 Å². The lowest BCUT2D eigenvalue weighted by Crippen LogP contribution is -2.36. The fourth-order valence-electron chi connectivity index (χ4n) is 1.69. The third-order valence-electron chi connectivity index (χ3n) is 2.88. The van der Waals surface area contributed by atoms with Crippen LogP contribution in [0.5, 0.6) is 0 Å². The monoisotopic (exact) mass is 298 g/mol. The van der Waals surface area contributed by atoms with E-state index in [-0.39, 0.29) is 17.9 Å². The Morgan fingerprint density at radius 1 is 1.47 bits per heavy atom. The molecule has 4 heteroatoms. The van der Waals surface area contributed by atoms with Gasteiger partial charge in [-0.15, -0.1) is 0 Å². The van der Waals surface area contributed by atoms with Gasteiger partial charge in [-0.25, -0.2) is 0 Å². The van der Waals surface area contributed by atoms with Gasteiger partial charge in [0.15, 0.2) is 0 Å². The lowest BCUT2D eigenvalue weighted by molar-refractivity contribution is -0.125. The number of carbonyl (C=O) groups excluding carboxylic acids is 1. The Hall–Kier alpha value is -0.870. The van der Waals surface area contributed by atoms with E-state index in [4.69, 9.17) is 5.73 Å². The topological polar surface area (TPSA) is 55.1 Å². The van der Waals surface area contributed by atoms with Gasteiger partial charge >= 0.3 is 0 Å². The van der Waals surface area contributed by atoms with E-state index >= 15 is 0 Å². The van der Waals surface area contributed by atoms with Crippen LogP contribution < -0.4 is 11.1 Å². The number of nitrogens with one attached hydrogen (secondary N) is 1. The molecule has 0 fully saturated rings. The molecule has 0 radical (unpaired) electrons. The van der Waals surface area contributed by atoms with E-state index in [1.165, 1.54) is 0 Å². The molecule has 94 valence electrons. The Balaban J connectivity index is 2.70. The van der Waals surface area contributed by atoms with Crippen molar-refractivity contribution in [1.29, 1.82) is 0 Å². The van der Waals surface area contributed by atoms with Crippen LogP contribution in [0.3, 0.4) is 0 Å². The van der Waals surface area contributed by atoms with Gasteiger partial charge < -0.3 is 11.1 Å². The van der Waals surface area contributed by atoms with Gasteiger partial charge in [-0.1, -0.05) is 41.1 Å². The highest BCUT2D eigenvalue weighted by Gasteiger charge is 2.18. The van der Waals surface area contributed by atoms with Crippen LogP contribution >= 0.6 is 15.9 Å². The maximum absolute atomic E-state index is 11.9. The Morgan fingerprint density at radius 3 is 2.65 bits per heavy atom. The number of rotatable bonds is 5. The Kier molecular flexibility index (Phi) is 5.65. The molecule has 1 aromatic carbocycles. The maximum Gasteiger partial charge on any atom is 0.224 e. The number of halogens is 1. The van der Waals surface area contributed by atoms with Crippen molar-refractivity contribution in [1.82, 2.24) is 5.32 Å². The van der Waals surface area contributed by atoms with Crippen molar-refractivity contribution < 1.29 is 4.79 Å². The van der Waals surface area contributed by atoms with Crippen LogP contribution in [0.2, 0.25) is 0 Å². The standard InChI is InChI=1S/C13H19BrN2O/c1-3-10(8-15)13(17)16-9(2)11-6-4-5-7-12(11)14/h4-7,9-10H,3,8,15H2,1-2H3,(H,16,17). The molecular formula is C13H19BrN2O. The Labute approximate surface area is 111 Å². The van der Waals surface area contributed by atoms with E-state index < -0.39 is 0 Å². The average molecular weight is 299 g/mol. The molecule has 2 atom stereocenters. The van der Waals surface area contributed by atoms with E-state index in [1.54, 1.807) is 0 Å². The van der Waals surface area contributed by atoms with Crippen molar-refractivity contribution in [3.63, 3.8) is 0 Å². The molecule has 0 bridgehead atoms. The van der Waals surface area contributed by atoms with Gasteiger partial charge in [0.05, 0.1) is 6.04 Å². The SMILES string of the molecule is CCC(CN)C(=O)NC(C)c1ccccc1Br. The molecule has 1 aromatic rings. The molecule has 0 spiro atoms. The van der Waals surface area contributed by atoms with E-state index in [0.29, 0.717) is 6.54 Å². The molecule has 1 rings (SSSR count). The fraction of sp³-hybridized carbons (Fsp3) is 0.462. The molecule has 17 heavy (non-hydrogen) atoms. The lowest BCUT2D eigenvalue weighted by Gasteiger charge is -2.19. The number of benzene rings is 1. The third-order valence-corrected chi connectivity index (χ3v) is 3.60. The summed E-state index contributed by atoms with van der Waals surface area (Å²) < 4.78 is 1.01. The summed E-state index contributed by atoms with van der Waals surface area (Å²) in [7, 11) is 0. The van der Waals surface area contributed by atoms with Gasteiger partial charge in [0.2, 0.25) is 5.91 Å². The second kappa shape index (κ2) is 6.77. The lowest BCUT2D eigenvalue weighted by atomic mass is 10.0. The Morgan fingerprint density at radius 2 is 2.12 bits per heavy atom. The van der Waals surface area contributed by atoms with Crippen LogP contribution in [0.15, 0.2) is 28.7 Å². The molecule has 1 amide bonds. The zero-order valence-corrected chi connectivity index (χ0v) is 11.8. The largest absolute Gasteiger partial charge is 0.349 e. The summed E-state index contributed by atoms with van der Waals surface area (Å²) in [5.74, 6) is -0.0711. The normalized spacial score (nSPS) is 14.1. The van der Waals surface area contributed by atoms with Crippen molar-refractivity contribution in [2.45, 2.75) is 26.3 Å². The summed E-state index contributed by atoms with van der Waals surface area (Å²) in [4.78, 5) is 11.9. The molecule has 3 N–H and O–H groups in total. The van der Waals surface area contributed by atoms with Crippen LogP contribution in [0.4, 0.5) is 0 Å². The number of nitrogens with two attached hydrogens (primary N) is 1. The van der Waals surface area contributed by atoms with Crippen LogP contribution in [0, 0.1) is 5.92 Å². The minimum Gasteiger partial charge on any atom is -0.349 e. The van der Waals surface area contributed by atoms with Crippen molar-refractivity contribution in [3.8, 4) is 0 Å². The first kappa shape index (κ1) is 14.2. The fourth-order valence-corrected chi connectivity index (χ4v) is 2.32. The maximum atomic E-state index is 11.9. The number of hydrogen-bond donors (Lipinski definition) is 2. The van der Waals surface area contributed by atoms with Gasteiger partial charge in [0.1, 0.15) is 0 Å². The van der Waals surface area contributed by atoms with E-state index in [1.807, 2.05) is 38.1 Å². The predicted octanol–water partition coefficient (Wildman–Crippen LogP) is 2.61. The molecule has 0 saturated heterocycles. The highest BCUT2D eigenvalue weighted by Crippen LogP contribution is 2.23. The first-order chi connectivity index (χ1) is 8.10. The molecule has 0 saturated carbocycles. The summed E-state index contributed by atoms with van der Waals surface area (Å²) >= 11 is 3.48. The summed E-state index contributed by atoms with van der Waals surface area (Å²) in [6.07, 6.45) is 0.769. The molecule has 0 aliphatic rings. The zero-order valence-electron chi connectivity index (χ0n) is 10.2. The van der Waals surface area contributed by atoms with E-state index in [0.717, 1.165) is 16.5 Å². The highest BCUT2D eigenvalue weighted by molar-refractivity contribution is 9.10. The average Bonchev–Trinajstić information content (AvgIpc) is 2.31. The first-order valence-electron chi connectivity index (χ1n) is 5.85. The van der Waals surface area contributed by atoms with Crippen LogP contribution in [-0.4, -0.2) is 12.5 Å². The molecular weight excluding hydrogens is 280 g/mol. The molecule has 2 unspecified atom stereocenters.